The third kappa shape index (κ3) is 2.55. The molecule has 1 fully saturated rings. The predicted molar refractivity (Wildman–Crippen MR) is 70.1 cm³/mol. The molecule has 0 aromatic heterocycles. The van der Waals surface area contributed by atoms with E-state index in [1.807, 2.05) is 0 Å². The fourth-order valence-electron chi connectivity index (χ4n) is 2.24. The Kier molecular flexibility index (Phi) is 3.69. The van der Waals surface area contributed by atoms with Gasteiger partial charge in [0, 0.05) is 23.9 Å². The maximum atomic E-state index is 10.8. The second-order valence-electron chi connectivity index (χ2n) is 4.77. The zero-order chi connectivity index (χ0) is 13.1. The normalized spacial score (nSPS) is 16.8. The number of methoxy groups -OCH3 is 1. The third-order valence-electron chi connectivity index (χ3n) is 3.63. The van der Waals surface area contributed by atoms with Crippen LogP contribution in [-0.4, -0.2) is 18.1 Å². The minimum Gasteiger partial charge on any atom is -0.490 e. The lowest BCUT2D eigenvalue weighted by Gasteiger charge is -2.32. The van der Waals surface area contributed by atoms with Gasteiger partial charge >= 0.3 is 5.69 Å². The van der Waals surface area contributed by atoms with Gasteiger partial charge in [-0.2, -0.15) is 0 Å². The highest BCUT2D eigenvalue weighted by molar-refractivity contribution is 5.58. The Morgan fingerprint density at radius 1 is 1.50 bits per heavy atom. The number of hydrogen-bond acceptors (Lipinski definition) is 4. The van der Waals surface area contributed by atoms with Crippen LogP contribution >= 0.6 is 0 Å². The first-order chi connectivity index (χ1) is 8.61. The molecule has 98 valence electrons. The van der Waals surface area contributed by atoms with E-state index in [1.165, 1.54) is 32.4 Å². The molecule has 1 aromatic carbocycles. The Balaban J connectivity index is 2.11. The van der Waals surface area contributed by atoms with Gasteiger partial charge in [0.25, 0.3) is 0 Å². The monoisotopic (exact) mass is 250 g/mol. The summed E-state index contributed by atoms with van der Waals surface area (Å²) in [5, 5.41) is 14.2. The van der Waals surface area contributed by atoms with Crippen LogP contribution in [0.3, 0.4) is 0 Å². The van der Waals surface area contributed by atoms with Crippen LogP contribution in [0.15, 0.2) is 18.2 Å². The number of nitro groups is 1. The number of rotatable bonds is 5. The van der Waals surface area contributed by atoms with E-state index in [0.29, 0.717) is 17.7 Å². The lowest BCUT2D eigenvalue weighted by atomic mass is 9.80. The van der Waals surface area contributed by atoms with Crippen molar-refractivity contribution in [2.75, 3.05) is 12.4 Å². The molecule has 1 aliphatic rings. The van der Waals surface area contributed by atoms with Crippen LogP contribution in [0.25, 0.3) is 0 Å². The van der Waals surface area contributed by atoms with E-state index < -0.39 is 4.92 Å². The zero-order valence-corrected chi connectivity index (χ0v) is 10.7. The Labute approximate surface area is 106 Å². The molecule has 0 saturated heterocycles. The first-order valence-corrected chi connectivity index (χ1v) is 6.21. The van der Waals surface area contributed by atoms with Crippen LogP contribution < -0.4 is 10.1 Å². The van der Waals surface area contributed by atoms with Crippen molar-refractivity contribution in [1.29, 1.82) is 0 Å². The van der Waals surface area contributed by atoms with Crippen molar-refractivity contribution in [3.8, 4) is 5.75 Å². The number of anilines is 1. The van der Waals surface area contributed by atoms with Crippen LogP contribution in [0.1, 0.15) is 26.2 Å². The van der Waals surface area contributed by atoms with E-state index in [1.54, 1.807) is 12.1 Å². The second-order valence-corrected chi connectivity index (χ2v) is 4.77. The number of nitrogens with one attached hydrogen (secondary N) is 1. The van der Waals surface area contributed by atoms with Crippen molar-refractivity contribution < 1.29 is 9.66 Å². The summed E-state index contributed by atoms with van der Waals surface area (Å²) >= 11 is 0. The van der Waals surface area contributed by atoms with Gasteiger partial charge in [-0.3, -0.25) is 10.1 Å². The summed E-state index contributed by atoms with van der Waals surface area (Å²) < 4.78 is 5.05. The molecule has 5 nitrogen and oxygen atoms in total. The summed E-state index contributed by atoms with van der Waals surface area (Å²) in [6, 6.07) is 5.29. The summed E-state index contributed by atoms with van der Waals surface area (Å²) in [6.07, 6.45) is 3.83. The molecular formula is C13H18N2O3. The third-order valence-corrected chi connectivity index (χ3v) is 3.63. The molecule has 0 aliphatic heterocycles. The topological polar surface area (TPSA) is 64.4 Å². The van der Waals surface area contributed by atoms with E-state index >= 15 is 0 Å². The minimum atomic E-state index is -0.433. The molecule has 1 aromatic rings. The quantitative estimate of drug-likeness (QED) is 0.643. The molecule has 2 rings (SSSR count). The molecule has 0 heterocycles. The highest BCUT2D eigenvalue weighted by Gasteiger charge is 2.24. The average molecular weight is 250 g/mol. The fraction of sp³-hybridized carbons (Fsp3) is 0.538. The molecule has 1 aliphatic carbocycles. The van der Waals surface area contributed by atoms with Gasteiger partial charge in [-0.15, -0.1) is 0 Å². The van der Waals surface area contributed by atoms with Crippen LogP contribution in [0, 0.1) is 16.0 Å². The molecule has 1 saturated carbocycles. The molecule has 0 amide bonds. The molecule has 1 N–H and O–H groups in total. The van der Waals surface area contributed by atoms with Gasteiger partial charge in [0.05, 0.1) is 12.0 Å². The van der Waals surface area contributed by atoms with Gasteiger partial charge in [-0.05, 0) is 31.7 Å². The SMILES string of the molecule is COc1cc(NC(C)C2CCC2)ccc1[N+](=O)[O-]. The van der Waals surface area contributed by atoms with E-state index in [0.717, 1.165) is 5.69 Å². The Morgan fingerprint density at radius 2 is 2.22 bits per heavy atom. The lowest BCUT2D eigenvalue weighted by molar-refractivity contribution is -0.385. The van der Waals surface area contributed by atoms with Crippen molar-refractivity contribution >= 4 is 11.4 Å². The van der Waals surface area contributed by atoms with Crippen molar-refractivity contribution in [2.24, 2.45) is 5.92 Å². The molecule has 0 radical (unpaired) electrons. The largest absolute Gasteiger partial charge is 0.490 e. The Bertz CT molecular complexity index is 444. The van der Waals surface area contributed by atoms with Crippen molar-refractivity contribution in [3.63, 3.8) is 0 Å². The molecule has 1 unspecified atom stereocenters. The maximum absolute atomic E-state index is 10.8. The average Bonchev–Trinajstić information content (AvgIpc) is 2.25. The molecule has 18 heavy (non-hydrogen) atoms. The van der Waals surface area contributed by atoms with Gasteiger partial charge < -0.3 is 10.1 Å². The van der Waals surface area contributed by atoms with E-state index in [9.17, 15) is 10.1 Å². The van der Waals surface area contributed by atoms with Crippen LogP contribution in [0.4, 0.5) is 11.4 Å². The van der Waals surface area contributed by atoms with Crippen LogP contribution in [0.2, 0.25) is 0 Å². The predicted octanol–water partition coefficient (Wildman–Crippen LogP) is 3.20. The standard InChI is InChI=1S/C13H18N2O3/c1-9(10-4-3-5-10)14-11-6-7-12(15(16)17)13(8-11)18-2/h6-10,14H,3-5H2,1-2H3. The first-order valence-electron chi connectivity index (χ1n) is 6.21. The molecular weight excluding hydrogens is 232 g/mol. The number of benzene rings is 1. The van der Waals surface area contributed by atoms with E-state index in [-0.39, 0.29) is 5.69 Å². The van der Waals surface area contributed by atoms with Gasteiger partial charge in [-0.25, -0.2) is 0 Å². The summed E-state index contributed by atoms with van der Waals surface area (Å²) in [4.78, 5) is 10.4. The lowest BCUT2D eigenvalue weighted by Crippen LogP contribution is -2.30. The molecule has 0 bridgehead atoms. The number of nitro benzene ring substituents is 1. The van der Waals surface area contributed by atoms with Gasteiger partial charge in [0.15, 0.2) is 5.75 Å². The van der Waals surface area contributed by atoms with E-state index in [4.69, 9.17) is 4.74 Å². The van der Waals surface area contributed by atoms with Gasteiger partial charge in [0.1, 0.15) is 0 Å². The Morgan fingerprint density at radius 3 is 2.72 bits per heavy atom. The second kappa shape index (κ2) is 5.25. The van der Waals surface area contributed by atoms with Crippen molar-refractivity contribution in [3.05, 3.63) is 28.3 Å². The number of ether oxygens (including phenoxy) is 1. The van der Waals surface area contributed by atoms with Crippen LogP contribution in [0.5, 0.6) is 5.75 Å². The summed E-state index contributed by atoms with van der Waals surface area (Å²) in [5.74, 6) is 1.01. The zero-order valence-electron chi connectivity index (χ0n) is 10.7. The van der Waals surface area contributed by atoms with Gasteiger partial charge in [-0.1, -0.05) is 6.42 Å². The van der Waals surface area contributed by atoms with Crippen molar-refractivity contribution in [1.82, 2.24) is 0 Å². The molecule has 5 heteroatoms. The summed E-state index contributed by atoms with van der Waals surface area (Å²) in [7, 11) is 1.45. The molecule has 1 atom stereocenters. The molecule has 0 spiro atoms. The summed E-state index contributed by atoms with van der Waals surface area (Å²) in [6.45, 7) is 2.15. The maximum Gasteiger partial charge on any atom is 0.311 e. The van der Waals surface area contributed by atoms with E-state index in [2.05, 4.69) is 12.2 Å². The smallest absolute Gasteiger partial charge is 0.311 e. The summed E-state index contributed by atoms with van der Waals surface area (Å²) in [5.41, 5.74) is 0.871. The fourth-order valence-corrected chi connectivity index (χ4v) is 2.24. The number of hydrogen-bond donors (Lipinski definition) is 1. The van der Waals surface area contributed by atoms with Gasteiger partial charge in [0.2, 0.25) is 0 Å². The minimum absolute atomic E-state index is 0.000604. The highest BCUT2D eigenvalue weighted by atomic mass is 16.6. The Hall–Kier alpha value is -1.78. The first kappa shape index (κ1) is 12.7. The number of nitrogens with zero attached hydrogens (tertiary/aromatic N) is 1. The van der Waals surface area contributed by atoms with Crippen molar-refractivity contribution in [2.45, 2.75) is 32.2 Å². The highest BCUT2D eigenvalue weighted by Crippen LogP contribution is 2.33. The van der Waals surface area contributed by atoms with Crippen LogP contribution in [-0.2, 0) is 0 Å².